The van der Waals surface area contributed by atoms with E-state index in [-0.39, 0.29) is 5.91 Å². The van der Waals surface area contributed by atoms with Crippen LogP contribution in [-0.2, 0) is 4.79 Å². The minimum Gasteiger partial charge on any atom is -0.493 e. The number of methoxy groups -OCH3 is 1. The molecule has 0 unspecified atom stereocenters. The maximum absolute atomic E-state index is 12.0. The van der Waals surface area contributed by atoms with Crippen LogP contribution in [0.3, 0.4) is 0 Å². The summed E-state index contributed by atoms with van der Waals surface area (Å²) in [6.07, 6.45) is 1.25. The SMILES string of the molecule is COc1ccccc1OCCNC(=O)CN1C[C@H](C)C[C@@H](C)C1. The molecule has 0 aromatic heterocycles. The van der Waals surface area contributed by atoms with Crippen molar-refractivity contribution in [1.29, 1.82) is 0 Å². The Morgan fingerprint density at radius 3 is 2.52 bits per heavy atom. The van der Waals surface area contributed by atoms with Crippen molar-refractivity contribution in [3.63, 3.8) is 0 Å². The molecule has 1 heterocycles. The molecule has 1 fully saturated rings. The summed E-state index contributed by atoms with van der Waals surface area (Å²) < 4.78 is 10.9. The van der Waals surface area contributed by atoms with Gasteiger partial charge in [-0.05, 0) is 30.4 Å². The molecule has 5 nitrogen and oxygen atoms in total. The zero-order valence-electron chi connectivity index (χ0n) is 14.4. The van der Waals surface area contributed by atoms with E-state index < -0.39 is 0 Å². The number of amides is 1. The van der Waals surface area contributed by atoms with Crippen LogP contribution in [0.15, 0.2) is 24.3 Å². The number of likely N-dealkylation sites (tertiary alicyclic amines) is 1. The molecule has 1 aromatic carbocycles. The summed E-state index contributed by atoms with van der Waals surface area (Å²) in [6, 6.07) is 7.51. The number of rotatable bonds is 7. The first-order valence-corrected chi connectivity index (χ1v) is 8.33. The van der Waals surface area contributed by atoms with Crippen LogP contribution in [-0.4, -0.2) is 50.7 Å². The molecule has 1 saturated heterocycles. The van der Waals surface area contributed by atoms with Crippen LogP contribution >= 0.6 is 0 Å². The zero-order valence-corrected chi connectivity index (χ0v) is 14.4. The number of benzene rings is 1. The van der Waals surface area contributed by atoms with Gasteiger partial charge in [0.15, 0.2) is 11.5 Å². The van der Waals surface area contributed by atoms with Gasteiger partial charge in [-0.2, -0.15) is 0 Å². The molecule has 128 valence electrons. The van der Waals surface area contributed by atoms with E-state index in [0.717, 1.165) is 13.1 Å². The van der Waals surface area contributed by atoms with Gasteiger partial charge >= 0.3 is 0 Å². The molecule has 0 aliphatic carbocycles. The number of hydrogen-bond acceptors (Lipinski definition) is 4. The molecule has 5 heteroatoms. The number of carbonyl (C=O) groups excluding carboxylic acids is 1. The number of ether oxygens (including phenoxy) is 2. The molecule has 23 heavy (non-hydrogen) atoms. The summed E-state index contributed by atoms with van der Waals surface area (Å²) in [4.78, 5) is 14.3. The van der Waals surface area contributed by atoms with Gasteiger partial charge in [-0.15, -0.1) is 0 Å². The monoisotopic (exact) mass is 320 g/mol. The summed E-state index contributed by atoms with van der Waals surface area (Å²) in [6.45, 7) is 7.92. The predicted molar refractivity (Wildman–Crippen MR) is 90.9 cm³/mol. The van der Waals surface area contributed by atoms with Crippen molar-refractivity contribution < 1.29 is 14.3 Å². The van der Waals surface area contributed by atoms with Crippen LogP contribution in [0.5, 0.6) is 11.5 Å². The molecule has 2 atom stereocenters. The van der Waals surface area contributed by atoms with Crippen LogP contribution in [0.2, 0.25) is 0 Å². The highest BCUT2D eigenvalue weighted by molar-refractivity contribution is 5.78. The van der Waals surface area contributed by atoms with Gasteiger partial charge in [-0.3, -0.25) is 9.69 Å². The number of nitrogens with one attached hydrogen (secondary N) is 1. The molecule has 1 aliphatic heterocycles. The third-order valence-corrected chi connectivity index (χ3v) is 4.06. The molecule has 0 spiro atoms. The van der Waals surface area contributed by atoms with Crippen LogP contribution in [0, 0.1) is 11.8 Å². The van der Waals surface area contributed by atoms with Gasteiger partial charge in [0, 0.05) is 13.1 Å². The van der Waals surface area contributed by atoms with Crippen molar-refractivity contribution >= 4 is 5.91 Å². The normalized spacial score (nSPS) is 21.7. The second-order valence-corrected chi connectivity index (χ2v) is 6.49. The molecular formula is C18H28N2O3. The van der Waals surface area contributed by atoms with E-state index in [4.69, 9.17) is 9.47 Å². The quantitative estimate of drug-likeness (QED) is 0.782. The number of hydrogen-bond donors (Lipinski definition) is 1. The highest BCUT2D eigenvalue weighted by Crippen LogP contribution is 2.25. The van der Waals surface area contributed by atoms with Crippen molar-refractivity contribution in [3.05, 3.63) is 24.3 Å². The zero-order chi connectivity index (χ0) is 16.7. The van der Waals surface area contributed by atoms with E-state index in [1.165, 1.54) is 6.42 Å². The first kappa shape index (κ1) is 17.6. The van der Waals surface area contributed by atoms with Crippen molar-refractivity contribution in [3.8, 4) is 11.5 Å². The third-order valence-electron chi connectivity index (χ3n) is 4.06. The highest BCUT2D eigenvalue weighted by Gasteiger charge is 2.23. The Balaban J connectivity index is 1.67. The predicted octanol–water partition coefficient (Wildman–Crippen LogP) is 2.17. The summed E-state index contributed by atoms with van der Waals surface area (Å²) in [5.74, 6) is 2.80. The Kier molecular flexibility index (Phi) is 6.71. The van der Waals surface area contributed by atoms with Crippen molar-refractivity contribution in [2.75, 3.05) is 39.9 Å². The lowest BCUT2D eigenvalue weighted by atomic mass is 9.92. The van der Waals surface area contributed by atoms with Gasteiger partial charge in [0.05, 0.1) is 20.2 Å². The summed E-state index contributed by atoms with van der Waals surface area (Å²) in [5, 5.41) is 2.92. The third kappa shape index (κ3) is 5.75. The van der Waals surface area contributed by atoms with Gasteiger partial charge in [0.25, 0.3) is 0 Å². The fourth-order valence-electron chi connectivity index (χ4n) is 3.27. The first-order chi connectivity index (χ1) is 11.1. The van der Waals surface area contributed by atoms with Crippen LogP contribution in [0.1, 0.15) is 20.3 Å². The van der Waals surface area contributed by atoms with Gasteiger partial charge in [-0.1, -0.05) is 26.0 Å². The Hall–Kier alpha value is -1.75. The molecule has 1 amide bonds. The van der Waals surface area contributed by atoms with Crippen LogP contribution in [0.4, 0.5) is 0 Å². The summed E-state index contributed by atoms with van der Waals surface area (Å²) in [7, 11) is 1.62. The van der Waals surface area contributed by atoms with Crippen LogP contribution < -0.4 is 14.8 Å². The van der Waals surface area contributed by atoms with Gasteiger partial charge < -0.3 is 14.8 Å². The Morgan fingerprint density at radius 1 is 1.22 bits per heavy atom. The molecule has 1 aliphatic rings. The maximum atomic E-state index is 12.0. The largest absolute Gasteiger partial charge is 0.493 e. The number of carbonyl (C=O) groups is 1. The minimum atomic E-state index is 0.0647. The molecule has 0 radical (unpaired) electrons. The molecule has 0 saturated carbocycles. The Morgan fingerprint density at radius 2 is 1.87 bits per heavy atom. The van der Waals surface area contributed by atoms with Crippen LogP contribution in [0.25, 0.3) is 0 Å². The van der Waals surface area contributed by atoms with Crippen molar-refractivity contribution in [2.24, 2.45) is 11.8 Å². The van der Waals surface area contributed by atoms with E-state index in [1.54, 1.807) is 7.11 Å². The Bertz CT molecular complexity index is 497. The van der Waals surface area contributed by atoms with E-state index in [0.29, 0.717) is 43.0 Å². The average molecular weight is 320 g/mol. The fraction of sp³-hybridized carbons (Fsp3) is 0.611. The Labute approximate surface area is 139 Å². The molecule has 1 N–H and O–H groups in total. The van der Waals surface area contributed by atoms with E-state index >= 15 is 0 Å². The lowest BCUT2D eigenvalue weighted by Crippen LogP contribution is -2.45. The van der Waals surface area contributed by atoms with E-state index in [2.05, 4.69) is 24.1 Å². The minimum absolute atomic E-state index is 0.0647. The number of nitrogens with zero attached hydrogens (tertiary/aromatic N) is 1. The molecule has 2 rings (SSSR count). The summed E-state index contributed by atoms with van der Waals surface area (Å²) >= 11 is 0. The second-order valence-electron chi connectivity index (χ2n) is 6.49. The topological polar surface area (TPSA) is 50.8 Å². The van der Waals surface area contributed by atoms with E-state index in [9.17, 15) is 4.79 Å². The highest BCUT2D eigenvalue weighted by atomic mass is 16.5. The van der Waals surface area contributed by atoms with Crippen molar-refractivity contribution in [1.82, 2.24) is 10.2 Å². The first-order valence-electron chi connectivity index (χ1n) is 8.33. The fourth-order valence-corrected chi connectivity index (χ4v) is 3.27. The smallest absolute Gasteiger partial charge is 0.234 e. The number of piperidine rings is 1. The number of para-hydroxylation sites is 2. The molecule has 1 aromatic rings. The second kappa shape index (κ2) is 8.77. The van der Waals surface area contributed by atoms with Gasteiger partial charge in [0.1, 0.15) is 6.61 Å². The maximum Gasteiger partial charge on any atom is 0.234 e. The van der Waals surface area contributed by atoms with Gasteiger partial charge in [-0.25, -0.2) is 0 Å². The van der Waals surface area contributed by atoms with E-state index in [1.807, 2.05) is 24.3 Å². The lowest BCUT2D eigenvalue weighted by molar-refractivity contribution is -0.122. The van der Waals surface area contributed by atoms with Gasteiger partial charge in [0.2, 0.25) is 5.91 Å². The average Bonchev–Trinajstić information content (AvgIpc) is 2.51. The molecule has 0 bridgehead atoms. The standard InChI is InChI=1S/C18H28N2O3/c1-14-10-15(2)12-20(11-14)13-18(21)19-8-9-23-17-7-5-4-6-16(17)22-3/h4-7,14-15H,8-13H2,1-3H3,(H,19,21)/t14-,15-/m1/s1. The lowest BCUT2D eigenvalue weighted by Gasteiger charge is -2.34. The molecular weight excluding hydrogens is 292 g/mol. The summed E-state index contributed by atoms with van der Waals surface area (Å²) in [5.41, 5.74) is 0. The van der Waals surface area contributed by atoms with Crippen molar-refractivity contribution in [2.45, 2.75) is 20.3 Å².